The molecule has 0 unspecified atom stereocenters. The van der Waals surface area contributed by atoms with Gasteiger partial charge >= 0.3 is 0 Å². The lowest BCUT2D eigenvalue weighted by molar-refractivity contribution is -0.129. The lowest BCUT2D eigenvalue weighted by Crippen LogP contribution is -2.39. The summed E-state index contributed by atoms with van der Waals surface area (Å²) < 4.78 is 2.04. The summed E-state index contributed by atoms with van der Waals surface area (Å²) in [6.45, 7) is 3.70. The van der Waals surface area contributed by atoms with Crippen molar-refractivity contribution in [2.45, 2.75) is 31.3 Å². The number of aromatic nitrogens is 3. The zero-order valence-corrected chi connectivity index (χ0v) is 21.9. The molecule has 4 aromatic rings. The van der Waals surface area contributed by atoms with Crippen molar-refractivity contribution in [3.63, 3.8) is 0 Å². The molecule has 0 radical (unpaired) electrons. The maximum absolute atomic E-state index is 13.1. The Morgan fingerprint density at radius 1 is 0.944 bits per heavy atom. The fraction of sp³-hybridized carbons (Fsp3) is 0.276. The van der Waals surface area contributed by atoms with Gasteiger partial charge in [-0.2, -0.15) is 0 Å². The van der Waals surface area contributed by atoms with Gasteiger partial charge in [0.2, 0.25) is 5.91 Å². The van der Waals surface area contributed by atoms with E-state index >= 15 is 0 Å². The predicted molar refractivity (Wildman–Crippen MR) is 147 cm³/mol. The summed E-state index contributed by atoms with van der Waals surface area (Å²) in [5.41, 5.74) is 4.42. The predicted octanol–water partition coefficient (Wildman–Crippen LogP) is 6.47. The number of hydrogen-bond donors (Lipinski definition) is 0. The molecule has 1 aliphatic heterocycles. The topological polar surface area (TPSA) is 51.0 Å². The Labute approximate surface area is 221 Å². The summed E-state index contributed by atoms with van der Waals surface area (Å²) in [5, 5.41) is 10.4. The van der Waals surface area contributed by atoms with Crippen molar-refractivity contribution in [2.24, 2.45) is 5.92 Å². The van der Waals surface area contributed by atoms with Crippen molar-refractivity contribution < 1.29 is 4.79 Å². The molecular weight excluding hydrogens is 488 g/mol. The van der Waals surface area contributed by atoms with E-state index in [0.717, 1.165) is 55.0 Å². The van der Waals surface area contributed by atoms with E-state index < -0.39 is 0 Å². The number of hydrogen-bond acceptors (Lipinski definition) is 4. The van der Waals surface area contributed by atoms with Crippen molar-refractivity contribution in [1.82, 2.24) is 19.7 Å². The van der Waals surface area contributed by atoms with E-state index in [0.29, 0.717) is 21.8 Å². The number of thioether (sulfide) groups is 1. The molecule has 2 heterocycles. The van der Waals surface area contributed by atoms with Gasteiger partial charge in [0.25, 0.3) is 0 Å². The minimum Gasteiger partial charge on any atom is -0.342 e. The summed E-state index contributed by atoms with van der Waals surface area (Å²) in [6.07, 6.45) is 3.18. The summed E-state index contributed by atoms with van der Waals surface area (Å²) in [7, 11) is 0. The molecule has 1 amide bonds. The highest BCUT2D eigenvalue weighted by Crippen LogP contribution is 2.30. The fourth-order valence-electron chi connectivity index (χ4n) is 4.73. The van der Waals surface area contributed by atoms with E-state index in [1.165, 1.54) is 17.3 Å². The van der Waals surface area contributed by atoms with Gasteiger partial charge < -0.3 is 4.90 Å². The molecule has 184 valence electrons. The van der Waals surface area contributed by atoms with Gasteiger partial charge in [0.15, 0.2) is 11.0 Å². The first-order valence-corrected chi connectivity index (χ1v) is 13.7. The van der Waals surface area contributed by atoms with Gasteiger partial charge in [-0.1, -0.05) is 71.9 Å². The maximum atomic E-state index is 13.1. The minimum atomic E-state index is 0.158. The van der Waals surface area contributed by atoms with Crippen molar-refractivity contribution >= 4 is 29.3 Å². The summed E-state index contributed by atoms with van der Waals surface area (Å²) in [6, 6.07) is 26.4. The lowest BCUT2D eigenvalue weighted by atomic mass is 9.90. The Bertz CT molecular complexity index is 1310. The Balaban J connectivity index is 1.28. The number of carbonyl (C=O) groups excluding carboxylic acids is 1. The first kappa shape index (κ1) is 24.6. The monoisotopic (exact) mass is 516 g/mol. The quantitative estimate of drug-likeness (QED) is 0.264. The van der Waals surface area contributed by atoms with E-state index in [-0.39, 0.29) is 5.91 Å². The zero-order valence-electron chi connectivity index (χ0n) is 20.3. The van der Waals surface area contributed by atoms with Gasteiger partial charge in [0, 0.05) is 23.7 Å². The molecule has 0 atom stereocenters. The Morgan fingerprint density at radius 3 is 2.36 bits per heavy atom. The highest BCUT2D eigenvalue weighted by atomic mass is 35.5. The van der Waals surface area contributed by atoms with E-state index in [4.69, 9.17) is 11.6 Å². The molecule has 36 heavy (non-hydrogen) atoms. The number of aryl methyl sites for hydroxylation is 1. The molecule has 5 nitrogen and oxygen atoms in total. The van der Waals surface area contributed by atoms with Crippen LogP contribution >= 0.6 is 23.4 Å². The molecule has 0 N–H and O–H groups in total. The highest BCUT2D eigenvalue weighted by molar-refractivity contribution is 7.99. The zero-order chi connectivity index (χ0) is 24.9. The van der Waals surface area contributed by atoms with Gasteiger partial charge in [-0.05, 0) is 73.6 Å². The van der Waals surface area contributed by atoms with Gasteiger partial charge in [-0.25, -0.2) is 0 Å². The minimum absolute atomic E-state index is 0.158. The van der Waals surface area contributed by atoms with Crippen LogP contribution in [0.2, 0.25) is 5.02 Å². The van der Waals surface area contributed by atoms with Crippen LogP contribution in [0.1, 0.15) is 24.0 Å². The Morgan fingerprint density at radius 2 is 1.64 bits per heavy atom. The third kappa shape index (κ3) is 5.66. The number of halogens is 1. The van der Waals surface area contributed by atoms with E-state index in [1.807, 2.05) is 45.9 Å². The van der Waals surface area contributed by atoms with Crippen LogP contribution in [0.5, 0.6) is 0 Å². The SMILES string of the molecule is Cc1ccccc1-n1c(SCC(=O)N2CCC(Cc3ccccc3)CC2)nnc1-c1ccc(Cl)cc1. The lowest BCUT2D eigenvalue weighted by Gasteiger charge is -2.32. The molecule has 1 aromatic heterocycles. The van der Waals surface area contributed by atoms with Crippen LogP contribution in [0.4, 0.5) is 0 Å². The second-order valence-corrected chi connectivity index (χ2v) is 10.6. The third-order valence-corrected chi connectivity index (χ3v) is 7.92. The largest absolute Gasteiger partial charge is 0.342 e. The second-order valence-electron chi connectivity index (χ2n) is 9.24. The first-order valence-electron chi connectivity index (χ1n) is 12.3. The van der Waals surface area contributed by atoms with Crippen LogP contribution in [-0.2, 0) is 11.2 Å². The number of amides is 1. The first-order chi connectivity index (χ1) is 17.6. The Hall–Kier alpha value is -3.09. The van der Waals surface area contributed by atoms with Gasteiger partial charge in [0.05, 0.1) is 11.4 Å². The molecule has 3 aromatic carbocycles. The van der Waals surface area contributed by atoms with Gasteiger partial charge in [-0.15, -0.1) is 10.2 Å². The van der Waals surface area contributed by atoms with Gasteiger partial charge in [-0.3, -0.25) is 9.36 Å². The maximum Gasteiger partial charge on any atom is 0.233 e. The number of rotatable bonds is 7. The van der Waals surface area contributed by atoms with Crippen LogP contribution in [0.3, 0.4) is 0 Å². The number of likely N-dealkylation sites (tertiary alicyclic amines) is 1. The second kappa shape index (κ2) is 11.3. The molecule has 1 aliphatic rings. The van der Waals surface area contributed by atoms with E-state index in [2.05, 4.69) is 59.6 Å². The Kier molecular flexibility index (Phi) is 7.73. The molecule has 7 heteroatoms. The highest BCUT2D eigenvalue weighted by Gasteiger charge is 2.24. The molecule has 5 rings (SSSR count). The summed E-state index contributed by atoms with van der Waals surface area (Å²) in [5.74, 6) is 1.87. The number of piperidine rings is 1. The van der Waals surface area contributed by atoms with Crippen molar-refractivity contribution in [2.75, 3.05) is 18.8 Å². The molecule has 1 saturated heterocycles. The van der Waals surface area contributed by atoms with E-state index in [9.17, 15) is 4.79 Å². The van der Waals surface area contributed by atoms with Crippen LogP contribution in [0.15, 0.2) is 84.0 Å². The van der Waals surface area contributed by atoms with Crippen LogP contribution in [0, 0.1) is 12.8 Å². The number of nitrogens with zero attached hydrogens (tertiary/aromatic N) is 4. The fourth-order valence-corrected chi connectivity index (χ4v) is 5.71. The standard InChI is InChI=1S/C29H29ClN4OS/c1-21-7-5-6-10-26(21)34-28(24-11-13-25(30)14-12-24)31-32-29(34)36-20-27(35)33-17-15-23(16-18-33)19-22-8-3-2-4-9-22/h2-14,23H,15-20H2,1H3. The average molecular weight is 517 g/mol. The average Bonchev–Trinajstić information content (AvgIpc) is 3.32. The third-order valence-electron chi connectivity index (χ3n) is 6.75. The van der Waals surface area contributed by atoms with Crippen molar-refractivity contribution in [3.8, 4) is 17.1 Å². The summed E-state index contributed by atoms with van der Waals surface area (Å²) in [4.78, 5) is 15.1. The smallest absolute Gasteiger partial charge is 0.233 e. The van der Waals surface area contributed by atoms with Crippen molar-refractivity contribution in [1.29, 1.82) is 0 Å². The van der Waals surface area contributed by atoms with E-state index in [1.54, 1.807) is 0 Å². The van der Waals surface area contributed by atoms with Crippen LogP contribution < -0.4 is 0 Å². The number of para-hydroxylation sites is 1. The normalized spacial score (nSPS) is 14.2. The molecule has 0 spiro atoms. The molecular formula is C29H29ClN4OS. The van der Waals surface area contributed by atoms with Gasteiger partial charge in [0.1, 0.15) is 0 Å². The van der Waals surface area contributed by atoms with Crippen LogP contribution in [-0.4, -0.2) is 44.4 Å². The molecule has 1 fully saturated rings. The summed E-state index contributed by atoms with van der Waals surface area (Å²) >= 11 is 7.55. The number of carbonyl (C=O) groups is 1. The molecule has 0 aliphatic carbocycles. The van der Waals surface area contributed by atoms with Crippen molar-refractivity contribution in [3.05, 3.63) is 95.0 Å². The van der Waals surface area contributed by atoms with Crippen LogP contribution in [0.25, 0.3) is 17.1 Å². The molecule has 0 saturated carbocycles. The molecule has 0 bridgehead atoms. The number of benzene rings is 3.